The molecule has 1 aliphatic heterocycles. The van der Waals surface area contributed by atoms with E-state index in [1.807, 2.05) is 25.1 Å². The van der Waals surface area contributed by atoms with Crippen LogP contribution in [0.4, 0.5) is 0 Å². The molecule has 2 heterocycles. The number of furan rings is 1. The van der Waals surface area contributed by atoms with Gasteiger partial charge in [-0.25, -0.2) is 0 Å². The maximum absolute atomic E-state index is 12.7. The smallest absolute Gasteiger partial charge is 0.289 e. The molecule has 6 heteroatoms. The Hall–Kier alpha value is -1.82. The van der Waals surface area contributed by atoms with E-state index in [1.165, 1.54) is 0 Å². The average molecular weight is 336 g/mol. The van der Waals surface area contributed by atoms with Gasteiger partial charge in [-0.1, -0.05) is 23.7 Å². The summed E-state index contributed by atoms with van der Waals surface area (Å²) in [6.07, 6.45) is -0.670. The molecule has 1 aromatic carbocycles. The van der Waals surface area contributed by atoms with Crippen molar-refractivity contribution in [2.45, 2.75) is 19.1 Å². The van der Waals surface area contributed by atoms with Crippen molar-refractivity contribution in [1.82, 2.24) is 4.90 Å². The van der Waals surface area contributed by atoms with Crippen LogP contribution in [0, 0.1) is 0 Å². The number of benzene rings is 1. The number of hydrogen-bond donors (Lipinski definition) is 1. The Morgan fingerprint density at radius 1 is 1.30 bits per heavy atom. The minimum atomic E-state index is -0.670. The summed E-state index contributed by atoms with van der Waals surface area (Å²) >= 11 is 6.16. The van der Waals surface area contributed by atoms with E-state index in [1.54, 1.807) is 23.1 Å². The first-order valence-electron chi connectivity index (χ1n) is 7.53. The zero-order chi connectivity index (χ0) is 16.4. The highest BCUT2D eigenvalue weighted by Crippen LogP contribution is 2.29. The second kappa shape index (κ2) is 6.74. The Kier molecular flexibility index (Phi) is 4.71. The number of rotatable bonds is 4. The lowest BCUT2D eigenvalue weighted by Crippen LogP contribution is -2.46. The van der Waals surface area contributed by atoms with Crippen molar-refractivity contribution in [2.75, 3.05) is 19.8 Å². The highest BCUT2D eigenvalue weighted by Gasteiger charge is 2.35. The maximum Gasteiger partial charge on any atom is 0.289 e. The van der Waals surface area contributed by atoms with E-state index in [9.17, 15) is 9.90 Å². The largest absolute Gasteiger partial charge is 0.451 e. The van der Waals surface area contributed by atoms with Crippen molar-refractivity contribution in [2.24, 2.45) is 0 Å². The van der Waals surface area contributed by atoms with E-state index < -0.39 is 6.10 Å². The van der Waals surface area contributed by atoms with E-state index in [0.717, 1.165) is 5.56 Å². The summed E-state index contributed by atoms with van der Waals surface area (Å²) in [5.41, 5.74) is 0.737. The summed E-state index contributed by atoms with van der Waals surface area (Å²) in [5.74, 6) is 0.499. The van der Waals surface area contributed by atoms with Gasteiger partial charge in [-0.3, -0.25) is 4.79 Å². The third-order valence-corrected chi connectivity index (χ3v) is 4.31. The molecule has 1 saturated heterocycles. The van der Waals surface area contributed by atoms with E-state index in [4.69, 9.17) is 20.8 Å². The van der Waals surface area contributed by atoms with Crippen LogP contribution >= 0.6 is 11.6 Å². The minimum Gasteiger partial charge on any atom is -0.451 e. The molecule has 0 radical (unpaired) electrons. The first-order valence-corrected chi connectivity index (χ1v) is 7.91. The zero-order valence-corrected chi connectivity index (χ0v) is 13.5. The number of amides is 1. The van der Waals surface area contributed by atoms with Crippen molar-refractivity contribution in [1.29, 1.82) is 0 Å². The fourth-order valence-corrected chi connectivity index (χ4v) is 2.99. The van der Waals surface area contributed by atoms with Crippen LogP contribution in [-0.2, 0) is 4.74 Å². The third kappa shape index (κ3) is 3.13. The molecule has 1 amide bonds. The Balaban J connectivity index is 1.84. The van der Waals surface area contributed by atoms with Crippen molar-refractivity contribution in [3.8, 4) is 11.3 Å². The molecule has 0 bridgehead atoms. The Labute approximate surface area is 139 Å². The molecule has 3 rings (SSSR count). The van der Waals surface area contributed by atoms with Crippen molar-refractivity contribution < 1.29 is 19.1 Å². The number of nitrogens with zero attached hydrogens (tertiary/aromatic N) is 1. The fourth-order valence-electron chi connectivity index (χ4n) is 2.76. The molecule has 0 unspecified atom stereocenters. The van der Waals surface area contributed by atoms with Crippen LogP contribution in [0.15, 0.2) is 40.8 Å². The molecule has 2 aromatic rings. The number of carbonyl (C=O) groups is 1. The number of hydrogen-bond acceptors (Lipinski definition) is 4. The summed E-state index contributed by atoms with van der Waals surface area (Å²) in [6.45, 7) is 2.91. The minimum absolute atomic E-state index is 0.223. The van der Waals surface area contributed by atoms with Gasteiger partial charge in [0.05, 0.1) is 30.4 Å². The number of halogens is 1. The van der Waals surface area contributed by atoms with Gasteiger partial charge in [0.1, 0.15) is 5.76 Å². The second-order valence-electron chi connectivity index (χ2n) is 5.41. The van der Waals surface area contributed by atoms with Crippen molar-refractivity contribution >= 4 is 17.5 Å². The first-order chi connectivity index (χ1) is 11.1. The molecule has 0 spiro atoms. The van der Waals surface area contributed by atoms with Gasteiger partial charge in [0.25, 0.3) is 5.91 Å². The van der Waals surface area contributed by atoms with Gasteiger partial charge in [-0.15, -0.1) is 0 Å². The van der Waals surface area contributed by atoms with E-state index >= 15 is 0 Å². The van der Waals surface area contributed by atoms with Crippen molar-refractivity contribution in [3.05, 3.63) is 47.2 Å². The molecule has 1 aromatic heterocycles. The summed E-state index contributed by atoms with van der Waals surface area (Å²) in [6, 6.07) is 10.3. The standard InChI is InChI=1S/C17H18ClNO4/c1-2-19(13-9-22-10-14(13)20)17(21)16-8-7-15(23-16)11-5-3-4-6-12(11)18/h3-8,13-14,20H,2,9-10H2,1H3/t13-,14-/m0/s1. The normalized spacial score (nSPS) is 20.7. The zero-order valence-electron chi connectivity index (χ0n) is 12.7. The first kappa shape index (κ1) is 16.1. The highest BCUT2D eigenvalue weighted by molar-refractivity contribution is 6.33. The number of aliphatic hydroxyl groups is 1. The van der Waals surface area contributed by atoms with Gasteiger partial charge < -0.3 is 19.2 Å². The van der Waals surface area contributed by atoms with Gasteiger partial charge >= 0.3 is 0 Å². The van der Waals surface area contributed by atoms with Gasteiger partial charge in [0.2, 0.25) is 0 Å². The third-order valence-electron chi connectivity index (χ3n) is 3.98. The molecule has 1 fully saturated rings. The van der Waals surface area contributed by atoms with Crippen LogP contribution in [-0.4, -0.2) is 47.8 Å². The van der Waals surface area contributed by atoms with Crippen LogP contribution in [0.3, 0.4) is 0 Å². The summed E-state index contributed by atoms with van der Waals surface area (Å²) in [5, 5.41) is 10.5. The van der Waals surface area contributed by atoms with Crippen molar-refractivity contribution in [3.63, 3.8) is 0 Å². The Morgan fingerprint density at radius 3 is 2.74 bits per heavy atom. The number of ether oxygens (including phenoxy) is 1. The van der Waals surface area contributed by atoms with Crippen LogP contribution in [0.25, 0.3) is 11.3 Å². The van der Waals surface area contributed by atoms with Gasteiger partial charge in [0, 0.05) is 12.1 Å². The molecule has 0 saturated carbocycles. The van der Waals surface area contributed by atoms with E-state index in [2.05, 4.69) is 0 Å². The van der Waals surface area contributed by atoms with Gasteiger partial charge in [0.15, 0.2) is 5.76 Å². The SMILES string of the molecule is CCN(C(=O)c1ccc(-c2ccccc2Cl)o1)[C@H]1COC[C@@H]1O. The fraction of sp³-hybridized carbons (Fsp3) is 0.353. The van der Waals surface area contributed by atoms with E-state index in [-0.39, 0.29) is 24.3 Å². The van der Waals surface area contributed by atoms with Crippen LogP contribution < -0.4 is 0 Å². The molecule has 23 heavy (non-hydrogen) atoms. The molecule has 0 aliphatic carbocycles. The van der Waals surface area contributed by atoms with Gasteiger partial charge in [-0.05, 0) is 31.2 Å². The summed E-state index contributed by atoms with van der Waals surface area (Å²) < 4.78 is 10.9. The number of likely N-dealkylation sites (N-methyl/N-ethyl adjacent to an activating group) is 1. The van der Waals surface area contributed by atoms with Crippen LogP contribution in [0.5, 0.6) is 0 Å². The lowest BCUT2D eigenvalue weighted by molar-refractivity contribution is 0.0493. The topological polar surface area (TPSA) is 62.9 Å². The molecule has 2 atom stereocenters. The number of aliphatic hydroxyl groups excluding tert-OH is 1. The lowest BCUT2D eigenvalue weighted by atomic mass is 10.1. The van der Waals surface area contributed by atoms with E-state index in [0.29, 0.717) is 23.9 Å². The van der Waals surface area contributed by atoms with Crippen LogP contribution in [0.1, 0.15) is 17.5 Å². The molecular formula is C17H18ClNO4. The quantitative estimate of drug-likeness (QED) is 0.933. The summed E-state index contributed by atoms with van der Waals surface area (Å²) in [7, 11) is 0. The Morgan fingerprint density at radius 2 is 2.09 bits per heavy atom. The maximum atomic E-state index is 12.7. The Bertz CT molecular complexity index is 699. The molecule has 122 valence electrons. The molecule has 1 N–H and O–H groups in total. The molecule has 5 nitrogen and oxygen atoms in total. The summed E-state index contributed by atoms with van der Waals surface area (Å²) in [4.78, 5) is 14.2. The lowest BCUT2D eigenvalue weighted by Gasteiger charge is -2.27. The van der Waals surface area contributed by atoms with Crippen LogP contribution in [0.2, 0.25) is 5.02 Å². The molecular weight excluding hydrogens is 318 g/mol. The highest BCUT2D eigenvalue weighted by atomic mass is 35.5. The second-order valence-corrected chi connectivity index (χ2v) is 5.81. The predicted molar refractivity (Wildman–Crippen MR) is 86.5 cm³/mol. The average Bonchev–Trinajstić information content (AvgIpc) is 3.18. The number of carbonyl (C=O) groups excluding carboxylic acids is 1. The monoisotopic (exact) mass is 335 g/mol. The predicted octanol–water partition coefficient (Wildman–Crippen LogP) is 2.82. The van der Waals surface area contributed by atoms with Gasteiger partial charge in [-0.2, -0.15) is 0 Å². The molecule has 1 aliphatic rings.